The largest absolute Gasteiger partial charge is 0.459 e. The van der Waals surface area contributed by atoms with E-state index < -0.39 is 5.76 Å². The number of carbonyl (C=O) groups excluding carboxylic acids is 1. The number of furan rings is 1. The van der Waals surface area contributed by atoms with Crippen LogP contribution in [-0.4, -0.2) is 21.7 Å². The van der Waals surface area contributed by atoms with Crippen molar-refractivity contribution >= 4 is 11.6 Å². The number of carbonyl (C=O) groups is 1. The van der Waals surface area contributed by atoms with Crippen molar-refractivity contribution in [3.8, 4) is 11.7 Å². The molecule has 0 fully saturated rings. The number of rotatable bonds is 3. The van der Waals surface area contributed by atoms with Gasteiger partial charge in [-0.3, -0.25) is 4.79 Å². The smallest absolute Gasteiger partial charge is 0.437 e. The summed E-state index contributed by atoms with van der Waals surface area (Å²) in [5, 5.41) is 4.06. The van der Waals surface area contributed by atoms with Gasteiger partial charge in [-0.1, -0.05) is 18.2 Å². The highest BCUT2D eigenvalue weighted by molar-refractivity contribution is 5.95. The standard InChI is InChI=1S/C18H17N3O4/c1-12-8-9-13-5-2-3-6-14(13)21(12)16(22)11-20-18(23)25-17(19-20)15-7-4-10-24-15/h2-7,10,12H,8-9,11H2,1H3/t12-/m0/s1. The maximum absolute atomic E-state index is 12.8. The molecule has 0 bridgehead atoms. The van der Waals surface area contributed by atoms with E-state index in [0.29, 0.717) is 5.76 Å². The first-order valence-corrected chi connectivity index (χ1v) is 8.15. The highest BCUT2D eigenvalue weighted by Gasteiger charge is 2.29. The van der Waals surface area contributed by atoms with E-state index >= 15 is 0 Å². The van der Waals surface area contributed by atoms with Crippen LogP contribution >= 0.6 is 0 Å². The van der Waals surface area contributed by atoms with Crippen molar-refractivity contribution in [1.29, 1.82) is 0 Å². The summed E-state index contributed by atoms with van der Waals surface area (Å²) in [5.41, 5.74) is 2.03. The topological polar surface area (TPSA) is 81.5 Å². The lowest BCUT2D eigenvalue weighted by Gasteiger charge is -2.35. The molecule has 1 aliphatic rings. The normalized spacial score (nSPS) is 16.7. The molecule has 4 rings (SSSR count). The number of aromatic nitrogens is 2. The van der Waals surface area contributed by atoms with Crippen molar-refractivity contribution in [3.05, 3.63) is 58.8 Å². The zero-order valence-electron chi connectivity index (χ0n) is 13.7. The van der Waals surface area contributed by atoms with E-state index in [1.54, 1.807) is 17.0 Å². The van der Waals surface area contributed by atoms with Crippen LogP contribution < -0.4 is 10.7 Å². The van der Waals surface area contributed by atoms with Crippen LogP contribution in [0, 0.1) is 0 Å². The Morgan fingerprint density at radius 1 is 1.28 bits per heavy atom. The summed E-state index contributed by atoms with van der Waals surface area (Å²) in [5.74, 6) is -0.464. The number of nitrogens with zero attached hydrogens (tertiary/aromatic N) is 3. The molecule has 0 aliphatic carbocycles. The molecule has 0 N–H and O–H groups in total. The number of benzene rings is 1. The van der Waals surface area contributed by atoms with E-state index in [2.05, 4.69) is 5.10 Å². The molecule has 7 heteroatoms. The number of anilines is 1. The maximum Gasteiger partial charge on any atom is 0.437 e. The van der Waals surface area contributed by atoms with Crippen molar-refractivity contribution in [2.45, 2.75) is 32.4 Å². The van der Waals surface area contributed by atoms with E-state index in [1.165, 1.54) is 6.26 Å². The van der Waals surface area contributed by atoms with Crippen LogP contribution in [0.5, 0.6) is 0 Å². The Balaban J connectivity index is 1.62. The summed E-state index contributed by atoms with van der Waals surface area (Å²) >= 11 is 0. The van der Waals surface area contributed by atoms with E-state index in [1.807, 2.05) is 31.2 Å². The van der Waals surface area contributed by atoms with Gasteiger partial charge in [0.25, 0.3) is 5.89 Å². The van der Waals surface area contributed by atoms with Crippen LogP contribution in [0.4, 0.5) is 5.69 Å². The molecule has 1 aliphatic heterocycles. The SMILES string of the molecule is C[C@H]1CCc2ccccc2N1C(=O)Cn1nc(-c2ccco2)oc1=O. The molecule has 0 unspecified atom stereocenters. The first-order valence-electron chi connectivity index (χ1n) is 8.15. The van der Waals surface area contributed by atoms with E-state index in [0.717, 1.165) is 28.8 Å². The molecule has 1 atom stereocenters. The summed E-state index contributed by atoms with van der Waals surface area (Å²) in [7, 11) is 0. The summed E-state index contributed by atoms with van der Waals surface area (Å²) in [4.78, 5) is 26.6. The third-order valence-corrected chi connectivity index (χ3v) is 4.42. The second-order valence-corrected chi connectivity index (χ2v) is 6.09. The van der Waals surface area contributed by atoms with Gasteiger partial charge in [0, 0.05) is 11.7 Å². The molecule has 128 valence electrons. The third-order valence-electron chi connectivity index (χ3n) is 4.42. The number of hydrogen-bond donors (Lipinski definition) is 0. The lowest BCUT2D eigenvalue weighted by atomic mass is 9.96. The Kier molecular flexibility index (Phi) is 3.76. The Hall–Kier alpha value is -3.09. The molecule has 1 aromatic carbocycles. The molecule has 3 aromatic rings. The Morgan fingerprint density at radius 3 is 2.92 bits per heavy atom. The van der Waals surface area contributed by atoms with Crippen molar-refractivity contribution in [3.63, 3.8) is 0 Å². The summed E-state index contributed by atoms with van der Waals surface area (Å²) in [6, 6.07) is 11.2. The Morgan fingerprint density at radius 2 is 2.12 bits per heavy atom. The summed E-state index contributed by atoms with van der Waals surface area (Å²) in [6.45, 7) is 1.83. The van der Waals surface area contributed by atoms with Crippen LogP contribution in [0.1, 0.15) is 18.9 Å². The van der Waals surface area contributed by atoms with Gasteiger partial charge in [0.2, 0.25) is 5.91 Å². The Labute approximate surface area is 143 Å². The lowest BCUT2D eigenvalue weighted by molar-refractivity contribution is -0.120. The number of amides is 1. The quantitative estimate of drug-likeness (QED) is 0.732. The van der Waals surface area contributed by atoms with Crippen molar-refractivity contribution in [2.75, 3.05) is 4.90 Å². The van der Waals surface area contributed by atoms with Crippen molar-refractivity contribution in [2.24, 2.45) is 0 Å². The maximum atomic E-state index is 12.8. The average Bonchev–Trinajstić information content (AvgIpc) is 3.25. The number of aryl methyl sites for hydroxylation is 1. The van der Waals surface area contributed by atoms with E-state index in [-0.39, 0.29) is 24.4 Å². The molecule has 1 amide bonds. The average molecular weight is 339 g/mol. The Bertz CT molecular complexity index is 955. The minimum atomic E-state index is -0.683. The van der Waals surface area contributed by atoms with Gasteiger partial charge in [-0.2, -0.15) is 4.68 Å². The van der Waals surface area contributed by atoms with Crippen LogP contribution in [0.3, 0.4) is 0 Å². The monoisotopic (exact) mass is 339 g/mol. The van der Waals surface area contributed by atoms with Gasteiger partial charge in [0.15, 0.2) is 5.76 Å². The van der Waals surface area contributed by atoms with Gasteiger partial charge in [-0.15, -0.1) is 5.10 Å². The molecule has 0 saturated heterocycles. The first-order chi connectivity index (χ1) is 12.1. The molecular formula is C18H17N3O4. The van der Waals surface area contributed by atoms with E-state index in [4.69, 9.17) is 8.83 Å². The van der Waals surface area contributed by atoms with Crippen LogP contribution in [0.15, 0.2) is 56.3 Å². The zero-order chi connectivity index (χ0) is 17.4. The lowest BCUT2D eigenvalue weighted by Crippen LogP contribution is -2.44. The van der Waals surface area contributed by atoms with Gasteiger partial charge in [0.1, 0.15) is 6.54 Å². The van der Waals surface area contributed by atoms with Crippen molar-refractivity contribution < 1.29 is 13.6 Å². The highest BCUT2D eigenvalue weighted by Crippen LogP contribution is 2.30. The fourth-order valence-electron chi connectivity index (χ4n) is 3.18. The van der Waals surface area contributed by atoms with Crippen LogP contribution in [-0.2, 0) is 17.8 Å². The molecule has 25 heavy (non-hydrogen) atoms. The molecule has 3 heterocycles. The minimum Gasteiger partial charge on any atom is -0.459 e. The molecule has 7 nitrogen and oxygen atoms in total. The van der Waals surface area contributed by atoms with Crippen molar-refractivity contribution in [1.82, 2.24) is 9.78 Å². The van der Waals surface area contributed by atoms with Crippen LogP contribution in [0.2, 0.25) is 0 Å². The predicted molar refractivity (Wildman–Crippen MR) is 90.2 cm³/mol. The minimum absolute atomic E-state index is 0.0644. The number of hydrogen-bond acceptors (Lipinski definition) is 5. The van der Waals surface area contributed by atoms with E-state index in [9.17, 15) is 9.59 Å². The van der Waals surface area contributed by atoms with Gasteiger partial charge < -0.3 is 13.7 Å². The molecule has 2 aromatic heterocycles. The summed E-state index contributed by atoms with van der Waals surface area (Å²) < 4.78 is 11.3. The van der Waals surface area contributed by atoms with Gasteiger partial charge >= 0.3 is 5.76 Å². The third kappa shape index (κ3) is 2.77. The number of fused-ring (bicyclic) bond motifs is 1. The fourth-order valence-corrected chi connectivity index (χ4v) is 3.18. The molecule has 0 radical (unpaired) electrons. The predicted octanol–water partition coefficient (Wildman–Crippen LogP) is 2.46. The number of para-hydroxylation sites is 1. The first kappa shape index (κ1) is 15.4. The van der Waals surface area contributed by atoms with Gasteiger partial charge in [0.05, 0.1) is 6.26 Å². The molecule has 0 saturated carbocycles. The van der Waals surface area contributed by atoms with Gasteiger partial charge in [-0.05, 0) is 43.5 Å². The highest BCUT2D eigenvalue weighted by atomic mass is 16.4. The van der Waals surface area contributed by atoms with Gasteiger partial charge in [-0.25, -0.2) is 4.79 Å². The molecular weight excluding hydrogens is 322 g/mol. The fraction of sp³-hybridized carbons (Fsp3) is 0.278. The summed E-state index contributed by atoms with van der Waals surface area (Å²) in [6.07, 6.45) is 3.29. The van der Waals surface area contributed by atoms with Crippen LogP contribution in [0.25, 0.3) is 11.7 Å². The second-order valence-electron chi connectivity index (χ2n) is 6.09. The zero-order valence-corrected chi connectivity index (χ0v) is 13.7. The molecule has 0 spiro atoms. The second kappa shape index (κ2) is 6.08.